The first kappa shape index (κ1) is 13.4. The molecule has 5 nitrogen and oxygen atoms in total. The van der Waals surface area contributed by atoms with E-state index < -0.39 is 4.92 Å². The van der Waals surface area contributed by atoms with Gasteiger partial charge in [0.05, 0.1) is 4.92 Å². The highest BCUT2D eigenvalue weighted by atomic mass is 35.5. The van der Waals surface area contributed by atoms with Gasteiger partial charge < -0.3 is 0 Å². The molecule has 0 aliphatic rings. The van der Waals surface area contributed by atoms with E-state index in [1.165, 1.54) is 6.33 Å². The van der Waals surface area contributed by atoms with E-state index in [2.05, 4.69) is 16.9 Å². The van der Waals surface area contributed by atoms with Crippen LogP contribution < -0.4 is 0 Å². The molecule has 0 fully saturated rings. The summed E-state index contributed by atoms with van der Waals surface area (Å²) < 4.78 is 0. The van der Waals surface area contributed by atoms with Crippen LogP contribution in [0.25, 0.3) is 11.3 Å². The molecule has 1 aromatic carbocycles. The van der Waals surface area contributed by atoms with Crippen LogP contribution in [-0.4, -0.2) is 14.9 Å². The van der Waals surface area contributed by atoms with Crippen LogP contribution in [0, 0.1) is 10.1 Å². The first-order valence-corrected chi connectivity index (χ1v) is 6.25. The quantitative estimate of drug-likeness (QED) is 0.486. The third kappa shape index (κ3) is 2.88. The number of aryl methyl sites for hydroxylation is 1. The summed E-state index contributed by atoms with van der Waals surface area (Å²) in [5.74, 6) is 0. The maximum absolute atomic E-state index is 11.1. The predicted octanol–water partition coefficient (Wildman–Crippen LogP) is 3.66. The van der Waals surface area contributed by atoms with Crippen LogP contribution in [0.15, 0.2) is 30.6 Å². The fourth-order valence-electron chi connectivity index (χ4n) is 1.89. The van der Waals surface area contributed by atoms with E-state index >= 15 is 0 Å². The van der Waals surface area contributed by atoms with Crippen molar-refractivity contribution in [1.29, 1.82) is 0 Å². The molecule has 0 radical (unpaired) electrons. The number of hydrogen-bond donors (Lipinski definition) is 0. The van der Waals surface area contributed by atoms with Crippen molar-refractivity contribution in [1.82, 2.24) is 9.97 Å². The van der Waals surface area contributed by atoms with Gasteiger partial charge in [-0.05, 0) is 18.1 Å². The Bertz CT molecular complexity index is 617. The fraction of sp³-hybridized carbons (Fsp3) is 0.231. The minimum Gasteiger partial charge on any atom is -0.258 e. The third-order valence-electron chi connectivity index (χ3n) is 2.70. The maximum Gasteiger partial charge on any atom is 0.332 e. The van der Waals surface area contributed by atoms with E-state index in [1.807, 2.05) is 18.2 Å². The minimum absolute atomic E-state index is 0.143. The summed E-state index contributed by atoms with van der Waals surface area (Å²) in [6.07, 6.45) is 3.16. The van der Waals surface area contributed by atoms with E-state index in [1.54, 1.807) is 6.07 Å². The number of hydrogen-bond acceptors (Lipinski definition) is 4. The topological polar surface area (TPSA) is 68.9 Å². The van der Waals surface area contributed by atoms with Crippen LogP contribution in [0.2, 0.25) is 5.15 Å². The van der Waals surface area contributed by atoms with Crippen molar-refractivity contribution in [2.75, 3.05) is 0 Å². The normalized spacial score (nSPS) is 10.4. The lowest BCUT2D eigenvalue weighted by Crippen LogP contribution is -1.98. The molecule has 0 aliphatic carbocycles. The van der Waals surface area contributed by atoms with Gasteiger partial charge in [0, 0.05) is 5.56 Å². The lowest BCUT2D eigenvalue weighted by atomic mass is 10.0. The van der Waals surface area contributed by atoms with Gasteiger partial charge >= 0.3 is 5.69 Å². The second-order valence-corrected chi connectivity index (χ2v) is 4.43. The van der Waals surface area contributed by atoms with E-state index in [4.69, 9.17) is 11.6 Å². The standard InChI is InChI=1S/C13H12ClN3O2/c1-2-4-9-5-3-6-10(7-9)11-12(17(18)19)13(14)16-8-15-11/h3,5-8H,2,4H2,1H3. The molecule has 0 saturated carbocycles. The monoisotopic (exact) mass is 277 g/mol. The van der Waals surface area contributed by atoms with Gasteiger partial charge in [-0.25, -0.2) is 9.97 Å². The van der Waals surface area contributed by atoms with Crippen LogP contribution in [-0.2, 0) is 6.42 Å². The zero-order chi connectivity index (χ0) is 13.8. The highest BCUT2D eigenvalue weighted by Crippen LogP contribution is 2.32. The molecule has 1 aromatic heterocycles. The SMILES string of the molecule is CCCc1cccc(-c2ncnc(Cl)c2[N+](=O)[O-])c1. The molecule has 98 valence electrons. The Morgan fingerprint density at radius 2 is 2.16 bits per heavy atom. The maximum atomic E-state index is 11.1. The molecule has 2 aromatic rings. The molecule has 19 heavy (non-hydrogen) atoms. The molecule has 2 rings (SSSR count). The second kappa shape index (κ2) is 5.75. The van der Waals surface area contributed by atoms with Crippen LogP contribution >= 0.6 is 11.6 Å². The number of nitro groups is 1. The minimum atomic E-state index is -0.551. The summed E-state index contributed by atoms with van der Waals surface area (Å²) in [5, 5.41) is 10.9. The number of halogens is 1. The number of nitrogens with zero attached hydrogens (tertiary/aromatic N) is 3. The number of benzene rings is 1. The lowest BCUT2D eigenvalue weighted by Gasteiger charge is -2.05. The Kier molecular flexibility index (Phi) is 4.06. The van der Waals surface area contributed by atoms with Gasteiger partial charge in [-0.2, -0.15) is 0 Å². The summed E-state index contributed by atoms with van der Waals surface area (Å²) in [6.45, 7) is 2.08. The van der Waals surface area contributed by atoms with E-state index in [0.717, 1.165) is 18.4 Å². The van der Waals surface area contributed by atoms with E-state index in [-0.39, 0.29) is 16.5 Å². The summed E-state index contributed by atoms with van der Waals surface area (Å²) in [7, 11) is 0. The third-order valence-corrected chi connectivity index (χ3v) is 2.98. The molecule has 0 unspecified atom stereocenters. The van der Waals surface area contributed by atoms with Crippen LogP contribution in [0.3, 0.4) is 0 Å². The molecule has 1 heterocycles. The second-order valence-electron chi connectivity index (χ2n) is 4.07. The molecular weight excluding hydrogens is 266 g/mol. The van der Waals surface area contributed by atoms with Gasteiger partial charge in [0.15, 0.2) is 5.69 Å². The molecule has 6 heteroatoms. The zero-order valence-electron chi connectivity index (χ0n) is 10.3. The largest absolute Gasteiger partial charge is 0.332 e. The molecule has 0 bridgehead atoms. The van der Waals surface area contributed by atoms with Crippen molar-refractivity contribution >= 4 is 17.3 Å². The van der Waals surface area contributed by atoms with Gasteiger partial charge in [-0.1, -0.05) is 43.1 Å². The van der Waals surface area contributed by atoms with Crippen molar-refractivity contribution in [2.24, 2.45) is 0 Å². The van der Waals surface area contributed by atoms with Gasteiger partial charge in [-0.3, -0.25) is 10.1 Å². The first-order valence-electron chi connectivity index (χ1n) is 5.87. The van der Waals surface area contributed by atoms with Crippen molar-refractivity contribution < 1.29 is 4.92 Å². The van der Waals surface area contributed by atoms with Crippen molar-refractivity contribution in [3.8, 4) is 11.3 Å². The fourth-order valence-corrected chi connectivity index (χ4v) is 2.10. The van der Waals surface area contributed by atoms with Crippen LogP contribution in [0.4, 0.5) is 5.69 Å². The molecule has 0 spiro atoms. The summed E-state index contributed by atoms with van der Waals surface area (Å²) >= 11 is 5.78. The lowest BCUT2D eigenvalue weighted by molar-refractivity contribution is -0.384. The highest BCUT2D eigenvalue weighted by Gasteiger charge is 2.22. The van der Waals surface area contributed by atoms with E-state index in [9.17, 15) is 10.1 Å². The number of aromatic nitrogens is 2. The van der Waals surface area contributed by atoms with Gasteiger partial charge in [-0.15, -0.1) is 0 Å². The molecule has 0 atom stereocenters. The molecule has 0 saturated heterocycles. The Morgan fingerprint density at radius 3 is 2.84 bits per heavy atom. The van der Waals surface area contributed by atoms with Gasteiger partial charge in [0.2, 0.25) is 5.15 Å². The zero-order valence-corrected chi connectivity index (χ0v) is 11.1. The van der Waals surface area contributed by atoms with Gasteiger partial charge in [0.25, 0.3) is 0 Å². The molecule has 0 aliphatic heterocycles. The Balaban J connectivity index is 2.55. The highest BCUT2D eigenvalue weighted by molar-refractivity contribution is 6.31. The van der Waals surface area contributed by atoms with Crippen molar-refractivity contribution in [2.45, 2.75) is 19.8 Å². The Morgan fingerprint density at radius 1 is 1.37 bits per heavy atom. The molecule has 0 amide bonds. The number of rotatable bonds is 4. The van der Waals surface area contributed by atoms with Crippen LogP contribution in [0.5, 0.6) is 0 Å². The Labute approximate surface area is 115 Å². The molecule has 0 N–H and O–H groups in total. The van der Waals surface area contributed by atoms with Crippen molar-refractivity contribution in [3.05, 3.63) is 51.4 Å². The summed E-state index contributed by atoms with van der Waals surface area (Å²) in [6, 6.07) is 7.53. The van der Waals surface area contributed by atoms with Crippen molar-refractivity contribution in [3.63, 3.8) is 0 Å². The smallest absolute Gasteiger partial charge is 0.258 e. The van der Waals surface area contributed by atoms with Crippen LogP contribution in [0.1, 0.15) is 18.9 Å². The molecular formula is C13H12ClN3O2. The first-order chi connectivity index (χ1) is 9.13. The van der Waals surface area contributed by atoms with E-state index in [0.29, 0.717) is 5.56 Å². The average molecular weight is 278 g/mol. The van der Waals surface area contributed by atoms with Gasteiger partial charge in [0.1, 0.15) is 6.33 Å². The summed E-state index contributed by atoms with van der Waals surface area (Å²) in [4.78, 5) is 18.2. The summed E-state index contributed by atoms with van der Waals surface area (Å²) in [5.41, 5.74) is 1.80. The predicted molar refractivity (Wildman–Crippen MR) is 73.1 cm³/mol. The Hall–Kier alpha value is -2.01. The average Bonchev–Trinajstić information content (AvgIpc) is 2.38.